The molecule has 2 unspecified atom stereocenters. The molecule has 4 nitrogen and oxygen atoms in total. The lowest BCUT2D eigenvalue weighted by molar-refractivity contribution is -0.119. The first-order chi connectivity index (χ1) is 7.54. The molecule has 1 rings (SSSR count). The molecule has 0 aliphatic carbocycles. The van der Waals surface area contributed by atoms with Crippen molar-refractivity contribution in [1.29, 1.82) is 5.26 Å². The normalized spacial score (nSPS) is 13.8. The fraction of sp³-hybridized carbons (Fsp3) is 0.333. The van der Waals surface area contributed by atoms with Crippen LogP contribution < -0.4 is 11.1 Å². The Kier molecular flexibility index (Phi) is 4.03. The van der Waals surface area contributed by atoms with E-state index in [0.717, 1.165) is 5.56 Å². The summed E-state index contributed by atoms with van der Waals surface area (Å²) in [7, 11) is 0. The highest BCUT2D eigenvalue weighted by molar-refractivity contribution is 5.79. The van der Waals surface area contributed by atoms with Crippen LogP contribution in [0.15, 0.2) is 24.3 Å². The Balaban J connectivity index is 2.70. The van der Waals surface area contributed by atoms with Crippen LogP contribution in [-0.2, 0) is 4.79 Å². The first-order valence-corrected chi connectivity index (χ1v) is 5.10. The maximum atomic E-state index is 10.9. The predicted octanol–water partition coefficient (Wildman–Crippen LogP) is 1.08. The molecule has 1 aromatic rings. The molecule has 3 N–H and O–H groups in total. The molecule has 0 aromatic heterocycles. The van der Waals surface area contributed by atoms with Gasteiger partial charge in [-0.2, -0.15) is 5.26 Å². The number of hydrogen-bond acceptors (Lipinski definition) is 3. The average molecular weight is 217 g/mol. The molecule has 0 saturated carbocycles. The smallest absolute Gasteiger partial charge is 0.234 e. The van der Waals surface area contributed by atoms with E-state index in [1.807, 2.05) is 19.1 Å². The van der Waals surface area contributed by atoms with Crippen molar-refractivity contribution in [2.24, 2.45) is 5.73 Å². The number of hydrogen-bond donors (Lipinski definition) is 2. The van der Waals surface area contributed by atoms with Gasteiger partial charge in [-0.3, -0.25) is 10.1 Å². The van der Waals surface area contributed by atoms with Crippen LogP contribution in [0.25, 0.3) is 0 Å². The van der Waals surface area contributed by atoms with Crippen molar-refractivity contribution in [2.75, 3.05) is 0 Å². The highest BCUT2D eigenvalue weighted by atomic mass is 16.1. The minimum atomic E-state index is -0.375. The van der Waals surface area contributed by atoms with E-state index in [0.29, 0.717) is 5.56 Å². The third-order valence-corrected chi connectivity index (χ3v) is 2.47. The fourth-order valence-corrected chi connectivity index (χ4v) is 1.40. The van der Waals surface area contributed by atoms with Crippen LogP contribution in [0.2, 0.25) is 0 Å². The minimum Gasteiger partial charge on any atom is -0.368 e. The number of amides is 1. The van der Waals surface area contributed by atoms with Gasteiger partial charge in [0.15, 0.2) is 0 Å². The average Bonchev–Trinajstić information content (AvgIpc) is 2.28. The monoisotopic (exact) mass is 217 g/mol. The summed E-state index contributed by atoms with van der Waals surface area (Å²) in [5.74, 6) is -0.375. The number of nitrogens with zero attached hydrogens (tertiary/aromatic N) is 1. The highest BCUT2D eigenvalue weighted by Gasteiger charge is 2.12. The number of rotatable bonds is 4. The van der Waals surface area contributed by atoms with Crippen molar-refractivity contribution in [3.05, 3.63) is 35.4 Å². The van der Waals surface area contributed by atoms with Crippen molar-refractivity contribution in [2.45, 2.75) is 25.9 Å². The number of nitrogens with one attached hydrogen (secondary N) is 1. The van der Waals surface area contributed by atoms with Gasteiger partial charge in [0.05, 0.1) is 17.7 Å². The van der Waals surface area contributed by atoms with Crippen molar-refractivity contribution < 1.29 is 4.79 Å². The fourth-order valence-electron chi connectivity index (χ4n) is 1.40. The maximum absolute atomic E-state index is 10.9. The van der Waals surface area contributed by atoms with Gasteiger partial charge >= 0.3 is 0 Å². The van der Waals surface area contributed by atoms with Gasteiger partial charge in [0.2, 0.25) is 5.91 Å². The van der Waals surface area contributed by atoms with Gasteiger partial charge in [0.1, 0.15) is 0 Å². The molecule has 0 bridgehead atoms. The molecule has 0 saturated heterocycles. The zero-order valence-corrected chi connectivity index (χ0v) is 9.40. The van der Waals surface area contributed by atoms with Crippen molar-refractivity contribution in [1.82, 2.24) is 5.32 Å². The largest absolute Gasteiger partial charge is 0.368 e. The van der Waals surface area contributed by atoms with E-state index >= 15 is 0 Å². The summed E-state index contributed by atoms with van der Waals surface area (Å²) in [5, 5.41) is 11.7. The highest BCUT2D eigenvalue weighted by Crippen LogP contribution is 2.13. The predicted molar refractivity (Wildman–Crippen MR) is 61.4 cm³/mol. The Bertz CT molecular complexity index is 405. The molecule has 0 aliphatic rings. The van der Waals surface area contributed by atoms with E-state index in [-0.39, 0.29) is 18.0 Å². The second-order valence-corrected chi connectivity index (χ2v) is 3.75. The lowest BCUT2D eigenvalue weighted by Gasteiger charge is -2.17. The Labute approximate surface area is 95.1 Å². The lowest BCUT2D eigenvalue weighted by atomic mass is 10.1. The summed E-state index contributed by atoms with van der Waals surface area (Å²) in [6.45, 7) is 3.67. The lowest BCUT2D eigenvalue weighted by Crippen LogP contribution is -2.39. The summed E-state index contributed by atoms with van der Waals surface area (Å²) < 4.78 is 0. The van der Waals surface area contributed by atoms with Gasteiger partial charge in [0.25, 0.3) is 0 Å². The zero-order valence-electron chi connectivity index (χ0n) is 9.40. The van der Waals surface area contributed by atoms with Crippen LogP contribution in [0, 0.1) is 11.3 Å². The van der Waals surface area contributed by atoms with E-state index < -0.39 is 0 Å². The first-order valence-electron chi connectivity index (χ1n) is 5.10. The van der Waals surface area contributed by atoms with Gasteiger partial charge < -0.3 is 5.73 Å². The number of nitriles is 1. The van der Waals surface area contributed by atoms with E-state index in [1.54, 1.807) is 19.1 Å². The zero-order chi connectivity index (χ0) is 12.1. The second-order valence-electron chi connectivity index (χ2n) is 3.75. The van der Waals surface area contributed by atoms with Crippen molar-refractivity contribution >= 4 is 5.91 Å². The third kappa shape index (κ3) is 3.07. The summed E-state index contributed by atoms with van der Waals surface area (Å²) in [6.07, 6.45) is 0. The molecule has 0 radical (unpaired) electrons. The molecule has 0 heterocycles. The van der Waals surface area contributed by atoms with Crippen LogP contribution in [0.4, 0.5) is 0 Å². The second kappa shape index (κ2) is 5.29. The molecule has 2 atom stereocenters. The SMILES string of the molecule is CC(NC(C)c1ccc(C#N)cc1)C(N)=O. The number of benzene rings is 1. The minimum absolute atomic E-state index is 0.0234. The topological polar surface area (TPSA) is 78.9 Å². The number of primary amides is 1. The van der Waals surface area contributed by atoms with Gasteiger partial charge in [-0.15, -0.1) is 0 Å². The maximum Gasteiger partial charge on any atom is 0.234 e. The Morgan fingerprint density at radius 3 is 2.38 bits per heavy atom. The summed E-state index contributed by atoms with van der Waals surface area (Å²) >= 11 is 0. The summed E-state index contributed by atoms with van der Waals surface area (Å²) in [5.41, 5.74) is 6.81. The molecule has 84 valence electrons. The van der Waals surface area contributed by atoms with E-state index in [4.69, 9.17) is 11.0 Å². The number of nitrogens with two attached hydrogens (primary N) is 1. The Hall–Kier alpha value is -1.86. The van der Waals surface area contributed by atoms with Crippen LogP contribution in [0.1, 0.15) is 31.0 Å². The molecular weight excluding hydrogens is 202 g/mol. The molecular formula is C12H15N3O. The van der Waals surface area contributed by atoms with E-state index in [2.05, 4.69) is 11.4 Å². The van der Waals surface area contributed by atoms with E-state index in [1.165, 1.54) is 0 Å². The molecule has 4 heteroatoms. The first kappa shape index (κ1) is 12.2. The molecule has 0 spiro atoms. The molecule has 0 fully saturated rings. The Morgan fingerprint density at radius 2 is 1.94 bits per heavy atom. The standard InChI is InChI=1S/C12H15N3O/c1-8(15-9(2)12(14)16)11-5-3-10(7-13)4-6-11/h3-6,8-9,15H,1-2H3,(H2,14,16). The van der Waals surface area contributed by atoms with Crippen molar-refractivity contribution in [3.63, 3.8) is 0 Å². The van der Waals surface area contributed by atoms with Crippen LogP contribution in [-0.4, -0.2) is 11.9 Å². The van der Waals surface area contributed by atoms with Crippen LogP contribution in [0.3, 0.4) is 0 Å². The number of carbonyl (C=O) groups is 1. The quantitative estimate of drug-likeness (QED) is 0.792. The van der Waals surface area contributed by atoms with Crippen molar-refractivity contribution in [3.8, 4) is 6.07 Å². The molecule has 1 aromatic carbocycles. The molecule has 1 amide bonds. The number of carbonyl (C=O) groups excluding carboxylic acids is 1. The van der Waals surface area contributed by atoms with Gasteiger partial charge in [-0.25, -0.2) is 0 Å². The van der Waals surface area contributed by atoms with Gasteiger partial charge in [-0.05, 0) is 31.5 Å². The summed E-state index contributed by atoms with van der Waals surface area (Å²) in [4.78, 5) is 10.9. The third-order valence-electron chi connectivity index (χ3n) is 2.47. The van der Waals surface area contributed by atoms with Gasteiger partial charge in [-0.1, -0.05) is 12.1 Å². The van der Waals surface area contributed by atoms with E-state index in [9.17, 15) is 4.79 Å². The molecule has 0 aliphatic heterocycles. The van der Waals surface area contributed by atoms with Crippen LogP contribution >= 0.6 is 0 Å². The van der Waals surface area contributed by atoms with Crippen LogP contribution in [0.5, 0.6) is 0 Å². The molecule has 16 heavy (non-hydrogen) atoms. The summed E-state index contributed by atoms with van der Waals surface area (Å²) in [6, 6.07) is 8.95. The van der Waals surface area contributed by atoms with Gasteiger partial charge in [0, 0.05) is 6.04 Å². The Morgan fingerprint density at radius 1 is 1.38 bits per heavy atom.